The zero-order valence-electron chi connectivity index (χ0n) is 12.7. The van der Waals surface area contributed by atoms with Crippen LogP contribution in [0.3, 0.4) is 0 Å². The number of phenolic OH excluding ortho intramolecular Hbond substituents is 1. The van der Waals surface area contributed by atoms with E-state index in [-0.39, 0.29) is 16.4 Å². The lowest BCUT2D eigenvalue weighted by Gasteiger charge is -2.06. The van der Waals surface area contributed by atoms with Crippen molar-refractivity contribution in [3.63, 3.8) is 0 Å². The van der Waals surface area contributed by atoms with Crippen molar-refractivity contribution in [2.75, 3.05) is 7.11 Å². The molecular weight excluding hydrogens is 328 g/mol. The molecule has 0 amide bonds. The van der Waals surface area contributed by atoms with Gasteiger partial charge in [0.15, 0.2) is 16.7 Å². The molecule has 3 aromatic rings. The minimum atomic E-state index is -1.11. The Morgan fingerprint density at radius 3 is 2.75 bits per heavy atom. The molecule has 24 heavy (non-hydrogen) atoms. The number of aromatic amines is 1. The minimum Gasteiger partial charge on any atom is -0.504 e. The molecule has 0 bridgehead atoms. The van der Waals surface area contributed by atoms with Gasteiger partial charge in [0.1, 0.15) is 4.91 Å². The van der Waals surface area contributed by atoms with E-state index in [4.69, 9.17) is 4.74 Å². The first-order valence-corrected chi connectivity index (χ1v) is 7.83. The summed E-state index contributed by atoms with van der Waals surface area (Å²) in [6.45, 7) is 0. The summed E-state index contributed by atoms with van der Waals surface area (Å²) >= 11 is 0.983. The fraction of sp³-hybridized carbons (Fsp3) is 0.0588. The van der Waals surface area contributed by atoms with E-state index in [1.165, 1.54) is 13.2 Å². The standard InChI is InChI=1S/C17H14N2O4S/c1-23-13-8-4-5-10(15(13)20)9-14(16(21)22)24-17-18-11-6-2-3-7-12(11)19-17/h2-9,20H,1H3,(H,18,19)(H,21,22)/b14-9-. The number of aromatic hydroxyl groups is 1. The SMILES string of the molecule is COc1cccc(/C=C(\Sc2nc3ccccc3[nH]2)C(=O)O)c1O. The molecule has 0 aliphatic rings. The molecule has 0 saturated carbocycles. The molecule has 6 nitrogen and oxygen atoms in total. The summed E-state index contributed by atoms with van der Waals surface area (Å²) in [6, 6.07) is 12.3. The van der Waals surface area contributed by atoms with Crippen molar-refractivity contribution in [1.82, 2.24) is 9.97 Å². The molecule has 0 radical (unpaired) electrons. The van der Waals surface area contributed by atoms with Crippen LogP contribution in [-0.4, -0.2) is 33.3 Å². The number of phenols is 1. The Morgan fingerprint density at radius 2 is 2.04 bits per heavy atom. The second kappa shape index (κ2) is 6.67. The van der Waals surface area contributed by atoms with Crippen LogP contribution in [0.25, 0.3) is 17.1 Å². The molecule has 3 rings (SSSR count). The van der Waals surface area contributed by atoms with E-state index in [0.717, 1.165) is 22.8 Å². The summed E-state index contributed by atoms with van der Waals surface area (Å²) in [6.07, 6.45) is 1.39. The molecule has 2 aromatic carbocycles. The molecule has 0 aliphatic heterocycles. The fourth-order valence-electron chi connectivity index (χ4n) is 2.18. The number of benzene rings is 2. The first-order valence-electron chi connectivity index (χ1n) is 7.02. The van der Waals surface area contributed by atoms with Crippen LogP contribution < -0.4 is 4.74 Å². The Morgan fingerprint density at radius 1 is 1.25 bits per heavy atom. The molecule has 0 aliphatic carbocycles. The number of carboxylic acids is 1. The number of para-hydroxylation sites is 3. The van der Waals surface area contributed by atoms with Crippen LogP contribution in [0.4, 0.5) is 0 Å². The van der Waals surface area contributed by atoms with Crippen molar-refractivity contribution in [3.05, 3.63) is 52.9 Å². The molecule has 1 heterocycles. The summed E-state index contributed by atoms with van der Waals surface area (Å²) in [5.74, 6) is -0.936. The van der Waals surface area contributed by atoms with Gasteiger partial charge in [0.2, 0.25) is 0 Å². The zero-order valence-corrected chi connectivity index (χ0v) is 13.5. The van der Waals surface area contributed by atoms with Gasteiger partial charge in [-0.05, 0) is 36.0 Å². The van der Waals surface area contributed by atoms with Gasteiger partial charge in [-0.25, -0.2) is 9.78 Å². The van der Waals surface area contributed by atoms with E-state index < -0.39 is 5.97 Å². The maximum atomic E-state index is 11.5. The Labute approximate surface area is 141 Å². The summed E-state index contributed by atoms with van der Waals surface area (Å²) in [4.78, 5) is 19.0. The fourth-order valence-corrected chi connectivity index (χ4v) is 2.96. The zero-order chi connectivity index (χ0) is 17.1. The summed E-state index contributed by atoms with van der Waals surface area (Å²) in [5.41, 5.74) is 1.94. The lowest BCUT2D eigenvalue weighted by Crippen LogP contribution is -1.97. The van der Waals surface area contributed by atoms with Crippen LogP contribution in [0.2, 0.25) is 0 Å². The highest BCUT2D eigenvalue weighted by atomic mass is 32.2. The number of aliphatic carboxylic acids is 1. The lowest BCUT2D eigenvalue weighted by atomic mass is 10.1. The van der Waals surface area contributed by atoms with Gasteiger partial charge in [0.05, 0.1) is 18.1 Å². The smallest absolute Gasteiger partial charge is 0.342 e. The normalized spacial score (nSPS) is 11.6. The van der Waals surface area contributed by atoms with Crippen LogP contribution in [0.15, 0.2) is 52.5 Å². The predicted octanol–water partition coefficient (Wildman–Crippen LogP) is 3.49. The average Bonchev–Trinajstić information content (AvgIpc) is 2.98. The summed E-state index contributed by atoms with van der Waals surface area (Å²) in [5, 5.41) is 20.0. The number of aromatic nitrogens is 2. The number of thioether (sulfide) groups is 1. The Balaban J connectivity index is 1.96. The molecule has 122 valence electrons. The number of rotatable bonds is 5. The van der Waals surface area contributed by atoms with Crippen molar-refractivity contribution < 1.29 is 19.7 Å². The first-order chi connectivity index (χ1) is 11.6. The third-order valence-electron chi connectivity index (χ3n) is 3.32. The molecule has 3 N–H and O–H groups in total. The Hall–Kier alpha value is -2.93. The number of hydrogen-bond acceptors (Lipinski definition) is 5. The molecule has 1 aromatic heterocycles. The monoisotopic (exact) mass is 342 g/mol. The number of H-pyrrole nitrogens is 1. The third-order valence-corrected chi connectivity index (χ3v) is 4.22. The van der Waals surface area contributed by atoms with E-state index in [0.29, 0.717) is 10.7 Å². The van der Waals surface area contributed by atoms with Crippen LogP contribution in [0.1, 0.15) is 5.56 Å². The average molecular weight is 342 g/mol. The number of fused-ring (bicyclic) bond motifs is 1. The van der Waals surface area contributed by atoms with Crippen molar-refractivity contribution in [1.29, 1.82) is 0 Å². The van der Waals surface area contributed by atoms with Crippen molar-refractivity contribution in [2.45, 2.75) is 5.16 Å². The van der Waals surface area contributed by atoms with Gasteiger partial charge in [-0.1, -0.05) is 24.3 Å². The van der Waals surface area contributed by atoms with E-state index in [2.05, 4.69) is 9.97 Å². The highest BCUT2D eigenvalue weighted by Crippen LogP contribution is 2.34. The van der Waals surface area contributed by atoms with Gasteiger partial charge in [0.25, 0.3) is 0 Å². The Kier molecular flexibility index (Phi) is 4.43. The largest absolute Gasteiger partial charge is 0.504 e. The van der Waals surface area contributed by atoms with Crippen molar-refractivity contribution >= 4 is 34.8 Å². The summed E-state index contributed by atoms with van der Waals surface area (Å²) in [7, 11) is 1.43. The lowest BCUT2D eigenvalue weighted by molar-refractivity contribution is -0.131. The van der Waals surface area contributed by atoms with E-state index in [1.807, 2.05) is 24.3 Å². The molecule has 0 fully saturated rings. The van der Waals surface area contributed by atoms with Gasteiger partial charge in [-0.3, -0.25) is 0 Å². The second-order valence-corrected chi connectivity index (χ2v) is 5.90. The molecule has 0 atom stereocenters. The number of hydrogen-bond donors (Lipinski definition) is 3. The maximum absolute atomic E-state index is 11.5. The van der Waals surface area contributed by atoms with Crippen LogP contribution >= 0.6 is 11.8 Å². The van der Waals surface area contributed by atoms with Gasteiger partial charge in [-0.15, -0.1) is 0 Å². The number of nitrogens with zero attached hydrogens (tertiary/aromatic N) is 1. The highest BCUT2D eigenvalue weighted by Gasteiger charge is 2.15. The van der Waals surface area contributed by atoms with Gasteiger partial charge >= 0.3 is 5.97 Å². The predicted molar refractivity (Wildman–Crippen MR) is 92.2 cm³/mol. The number of nitrogens with one attached hydrogen (secondary N) is 1. The van der Waals surface area contributed by atoms with E-state index in [1.54, 1.807) is 18.2 Å². The molecule has 7 heteroatoms. The van der Waals surface area contributed by atoms with Gasteiger partial charge in [0, 0.05) is 5.56 Å². The number of carbonyl (C=O) groups is 1. The quantitative estimate of drug-likeness (QED) is 0.485. The topological polar surface area (TPSA) is 95.4 Å². The van der Waals surface area contributed by atoms with Crippen LogP contribution in [0.5, 0.6) is 11.5 Å². The molecule has 0 unspecified atom stereocenters. The first kappa shape index (κ1) is 15.9. The summed E-state index contributed by atoms with van der Waals surface area (Å²) < 4.78 is 5.03. The van der Waals surface area contributed by atoms with Gasteiger partial charge < -0.3 is 19.9 Å². The van der Waals surface area contributed by atoms with Crippen molar-refractivity contribution in [2.24, 2.45) is 0 Å². The second-order valence-electron chi connectivity index (χ2n) is 4.87. The highest BCUT2D eigenvalue weighted by molar-refractivity contribution is 8.04. The van der Waals surface area contributed by atoms with E-state index in [9.17, 15) is 15.0 Å². The Bertz CT molecular complexity index is 900. The number of carboxylic acid groups (broad SMARTS) is 1. The van der Waals surface area contributed by atoms with Crippen molar-refractivity contribution in [3.8, 4) is 11.5 Å². The minimum absolute atomic E-state index is 0.0256. The molecule has 0 spiro atoms. The van der Waals surface area contributed by atoms with E-state index >= 15 is 0 Å². The number of imidazole rings is 1. The molecular formula is C17H14N2O4S. The van der Waals surface area contributed by atoms with Crippen LogP contribution in [0, 0.1) is 0 Å². The number of ether oxygens (including phenoxy) is 1. The third kappa shape index (κ3) is 3.21. The van der Waals surface area contributed by atoms with Gasteiger partial charge in [-0.2, -0.15) is 0 Å². The van der Waals surface area contributed by atoms with Crippen LogP contribution in [-0.2, 0) is 4.79 Å². The number of methoxy groups -OCH3 is 1. The maximum Gasteiger partial charge on any atom is 0.342 e. The molecule has 0 saturated heterocycles.